The van der Waals surface area contributed by atoms with Gasteiger partial charge >= 0.3 is 0 Å². The van der Waals surface area contributed by atoms with E-state index in [4.69, 9.17) is 0 Å². The lowest BCUT2D eigenvalue weighted by atomic mass is 10.4. The molecule has 0 unspecified atom stereocenters. The lowest BCUT2D eigenvalue weighted by molar-refractivity contribution is 1.05. The highest BCUT2D eigenvalue weighted by atomic mass is 79.9. The lowest BCUT2D eigenvalue weighted by Gasteiger charge is -1.99. The highest BCUT2D eigenvalue weighted by Crippen LogP contribution is 2.18. The minimum atomic E-state index is -0.178. The zero-order valence-corrected chi connectivity index (χ0v) is 9.65. The molecule has 0 radical (unpaired) electrons. The predicted octanol–water partition coefficient (Wildman–Crippen LogP) is 1.96. The number of nitrogens with zero attached hydrogens (tertiary/aromatic N) is 2. The molecule has 0 aromatic carbocycles. The number of thiazole rings is 1. The fraction of sp³-hybridized carbons (Fsp3) is 0.125. The molecule has 1 N–H and O–H groups in total. The van der Waals surface area contributed by atoms with Gasteiger partial charge in [0, 0.05) is 11.6 Å². The monoisotopic (exact) mass is 271 g/mol. The van der Waals surface area contributed by atoms with Gasteiger partial charge in [0.15, 0.2) is 10.8 Å². The molecule has 0 aliphatic heterocycles. The molecule has 6 heteroatoms. The molecular weight excluding hydrogens is 266 g/mol. The summed E-state index contributed by atoms with van der Waals surface area (Å²) in [6.07, 6.45) is 1.68. The van der Waals surface area contributed by atoms with Crippen molar-refractivity contribution in [2.45, 2.75) is 6.92 Å². The van der Waals surface area contributed by atoms with Crippen LogP contribution in [0.25, 0.3) is 10.8 Å². The number of rotatable bonds is 1. The van der Waals surface area contributed by atoms with Crippen molar-refractivity contribution >= 4 is 27.3 Å². The molecule has 2 aromatic rings. The van der Waals surface area contributed by atoms with Crippen molar-refractivity contribution < 1.29 is 0 Å². The van der Waals surface area contributed by atoms with E-state index >= 15 is 0 Å². The van der Waals surface area contributed by atoms with E-state index in [-0.39, 0.29) is 5.56 Å². The topological polar surface area (TPSA) is 58.6 Å². The van der Waals surface area contributed by atoms with Gasteiger partial charge in [0.1, 0.15) is 4.47 Å². The molecule has 0 aliphatic carbocycles. The highest BCUT2D eigenvalue weighted by molar-refractivity contribution is 9.10. The minimum Gasteiger partial charge on any atom is -0.304 e. The molecule has 0 saturated heterocycles. The van der Waals surface area contributed by atoms with Gasteiger partial charge in [-0.05, 0) is 22.9 Å². The molecule has 2 aromatic heterocycles. The minimum absolute atomic E-state index is 0.178. The van der Waals surface area contributed by atoms with E-state index in [0.29, 0.717) is 16.0 Å². The van der Waals surface area contributed by atoms with Crippen molar-refractivity contribution in [1.29, 1.82) is 0 Å². The van der Waals surface area contributed by atoms with E-state index in [2.05, 4.69) is 30.9 Å². The van der Waals surface area contributed by atoms with Gasteiger partial charge < -0.3 is 4.98 Å². The summed E-state index contributed by atoms with van der Waals surface area (Å²) in [7, 11) is 0. The standard InChI is InChI=1S/C8H6BrN3OS/c1-4-5(9)7(13)12-6(11-4)8-10-2-3-14-8/h2-3H,1H3,(H,11,12,13). The molecule has 0 atom stereocenters. The van der Waals surface area contributed by atoms with Crippen LogP contribution in [0.15, 0.2) is 20.8 Å². The van der Waals surface area contributed by atoms with Crippen LogP contribution in [0.2, 0.25) is 0 Å². The molecule has 2 rings (SSSR count). The van der Waals surface area contributed by atoms with Gasteiger partial charge in [0.25, 0.3) is 5.56 Å². The predicted molar refractivity (Wildman–Crippen MR) is 58.4 cm³/mol. The van der Waals surface area contributed by atoms with Crippen LogP contribution in [-0.2, 0) is 0 Å². The molecule has 72 valence electrons. The second-order valence-corrected chi connectivity index (χ2v) is 4.34. The number of aromatic amines is 1. The molecular formula is C8H6BrN3OS. The quantitative estimate of drug-likeness (QED) is 0.863. The Kier molecular flexibility index (Phi) is 2.47. The summed E-state index contributed by atoms with van der Waals surface area (Å²) in [5, 5.41) is 2.56. The summed E-state index contributed by atoms with van der Waals surface area (Å²) in [6.45, 7) is 1.77. The number of aromatic nitrogens is 3. The first-order valence-corrected chi connectivity index (χ1v) is 5.52. The van der Waals surface area contributed by atoms with E-state index in [0.717, 1.165) is 5.01 Å². The molecule has 14 heavy (non-hydrogen) atoms. The van der Waals surface area contributed by atoms with Crippen molar-refractivity contribution in [1.82, 2.24) is 15.0 Å². The van der Waals surface area contributed by atoms with Crippen LogP contribution in [0.3, 0.4) is 0 Å². The summed E-state index contributed by atoms with van der Waals surface area (Å²) in [5.41, 5.74) is 0.488. The number of H-pyrrole nitrogens is 1. The van der Waals surface area contributed by atoms with Crippen molar-refractivity contribution in [3.63, 3.8) is 0 Å². The second-order valence-electron chi connectivity index (χ2n) is 2.65. The zero-order valence-electron chi connectivity index (χ0n) is 7.24. The third-order valence-corrected chi connectivity index (χ3v) is 3.38. The second kappa shape index (κ2) is 3.62. The summed E-state index contributed by atoms with van der Waals surface area (Å²) >= 11 is 4.59. The molecule has 0 amide bonds. The number of hydrogen-bond donors (Lipinski definition) is 1. The van der Waals surface area contributed by atoms with E-state index in [1.54, 1.807) is 13.1 Å². The third-order valence-electron chi connectivity index (χ3n) is 1.66. The number of hydrogen-bond acceptors (Lipinski definition) is 4. The average Bonchev–Trinajstić information content (AvgIpc) is 2.66. The van der Waals surface area contributed by atoms with Crippen LogP contribution in [-0.4, -0.2) is 15.0 Å². The molecule has 0 saturated carbocycles. The van der Waals surface area contributed by atoms with Crippen molar-refractivity contribution in [3.8, 4) is 10.8 Å². The van der Waals surface area contributed by atoms with Gasteiger partial charge in [-0.15, -0.1) is 11.3 Å². The number of aryl methyl sites for hydroxylation is 1. The van der Waals surface area contributed by atoms with Gasteiger partial charge in [-0.1, -0.05) is 0 Å². The van der Waals surface area contributed by atoms with Crippen LogP contribution >= 0.6 is 27.3 Å². The maximum Gasteiger partial charge on any atom is 0.265 e. The van der Waals surface area contributed by atoms with Crippen molar-refractivity contribution in [2.24, 2.45) is 0 Å². The largest absolute Gasteiger partial charge is 0.304 e. The SMILES string of the molecule is Cc1nc(-c2nccs2)[nH]c(=O)c1Br. The summed E-state index contributed by atoms with van der Waals surface area (Å²) in [6, 6.07) is 0. The van der Waals surface area contributed by atoms with Crippen LogP contribution in [0.4, 0.5) is 0 Å². The van der Waals surface area contributed by atoms with Gasteiger partial charge in [0.05, 0.1) is 5.69 Å². The lowest BCUT2D eigenvalue weighted by Crippen LogP contribution is -2.11. The molecule has 4 nitrogen and oxygen atoms in total. The molecule has 0 fully saturated rings. The smallest absolute Gasteiger partial charge is 0.265 e. The Balaban J connectivity index is 2.63. The Hall–Kier alpha value is -1.01. The van der Waals surface area contributed by atoms with E-state index < -0.39 is 0 Å². The summed E-state index contributed by atoms with van der Waals surface area (Å²) in [4.78, 5) is 22.3. The average molecular weight is 272 g/mol. The maximum absolute atomic E-state index is 11.4. The molecule has 0 aliphatic rings. The first-order valence-electron chi connectivity index (χ1n) is 3.85. The van der Waals surface area contributed by atoms with Gasteiger partial charge in [-0.2, -0.15) is 0 Å². The Labute approximate surface area is 92.2 Å². The molecule has 0 bridgehead atoms. The van der Waals surface area contributed by atoms with Crippen molar-refractivity contribution in [2.75, 3.05) is 0 Å². The highest BCUT2D eigenvalue weighted by Gasteiger charge is 2.07. The summed E-state index contributed by atoms with van der Waals surface area (Å²) in [5.74, 6) is 0.519. The Morgan fingerprint density at radius 1 is 1.57 bits per heavy atom. The van der Waals surface area contributed by atoms with Crippen LogP contribution in [0.1, 0.15) is 5.69 Å². The van der Waals surface area contributed by atoms with E-state index in [1.165, 1.54) is 11.3 Å². The molecule has 0 spiro atoms. The Morgan fingerprint density at radius 2 is 2.36 bits per heavy atom. The number of halogens is 1. The first kappa shape index (κ1) is 9.54. The first-order chi connectivity index (χ1) is 6.68. The van der Waals surface area contributed by atoms with E-state index in [1.807, 2.05) is 5.38 Å². The summed E-state index contributed by atoms with van der Waals surface area (Å²) < 4.78 is 0.470. The van der Waals surface area contributed by atoms with Crippen LogP contribution in [0.5, 0.6) is 0 Å². The van der Waals surface area contributed by atoms with Gasteiger partial charge in [0.2, 0.25) is 0 Å². The normalized spacial score (nSPS) is 10.4. The molecule has 2 heterocycles. The van der Waals surface area contributed by atoms with Crippen LogP contribution < -0.4 is 5.56 Å². The van der Waals surface area contributed by atoms with Gasteiger partial charge in [-0.3, -0.25) is 4.79 Å². The maximum atomic E-state index is 11.4. The number of nitrogens with one attached hydrogen (secondary N) is 1. The van der Waals surface area contributed by atoms with E-state index in [9.17, 15) is 4.79 Å². The fourth-order valence-electron chi connectivity index (χ4n) is 1.01. The Morgan fingerprint density at radius 3 is 2.93 bits per heavy atom. The Bertz CT molecular complexity index is 506. The van der Waals surface area contributed by atoms with Gasteiger partial charge in [-0.25, -0.2) is 9.97 Å². The third kappa shape index (κ3) is 1.62. The zero-order chi connectivity index (χ0) is 10.1. The van der Waals surface area contributed by atoms with Crippen LogP contribution in [0, 0.1) is 6.92 Å². The van der Waals surface area contributed by atoms with Crippen molar-refractivity contribution in [3.05, 3.63) is 32.1 Å². The fourth-order valence-corrected chi connectivity index (χ4v) is 1.78.